The molecule has 5 nitrogen and oxygen atoms in total. The van der Waals surface area contributed by atoms with Crippen LogP contribution in [0.4, 0.5) is 32.8 Å². The number of hydrogen-bond donors (Lipinski definition) is 0. The molecular formula is C17H21F4NO4. The largest absolute Gasteiger partial charge is 0.443 e. The van der Waals surface area contributed by atoms with Crippen molar-refractivity contribution in [3.05, 3.63) is 29.6 Å². The molecule has 0 N–H and O–H groups in total. The first-order chi connectivity index (χ1) is 11.5. The van der Waals surface area contributed by atoms with Crippen molar-refractivity contribution in [2.24, 2.45) is 0 Å². The van der Waals surface area contributed by atoms with Gasteiger partial charge in [-0.25, -0.2) is 14.0 Å². The van der Waals surface area contributed by atoms with E-state index in [0.717, 1.165) is 12.1 Å². The fraction of sp³-hybridized carbons (Fsp3) is 0.529. The monoisotopic (exact) mass is 379 g/mol. The Balaban J connectivity index is 3.47. The summed E-state index contributed by atoms with van der Waals surface area (Å²) in [6.45, 7) is 8.92. The molecule has 0 heterocycles. The minimum absolute atomic E-state index is 0.112. The molecule has 26 heavy (non-hydrogen) atoms. The van der Waals surface area contributed by atoms with Gasteiger partial charge in [-0.15, -0.1) is 0 Å². The van der Waals surface area contributed by atoms with Gasteiger partial charge in [-0.2, -0.15) is 18.1 Å². The molecule has 0 aliphatic carbocycles. The summed E-state index contributed by atoms with van der Waals surface area (Å²) in [5, 5.41) is 0. The zero-order valence-electron chi connectivity index (χ0n) is 15.3. The van der Waals surface area contributed by atoms with Crippen LogP contribution in [-0.4, -0.2) is 23.4 Å². The van der Waals surface area contributed by atoms with Gasteiger partial charge in [-0.1, -0.05) is 6.07 Å². The molecule has 0 bridgehead atoms. The number of amides is 2. The lowest BCUT2D eigenvalue weighted by Gasteiger charge is -2.29. The molecule has 146 valence electrons. The van der Waals surface area contributed by atoms with E-state index in [0.29, 0.717) is 6.07 Å². The summed E-state index contributed by atoms with van der Waals surface area (Å²) in [6, 6.07) is 2.24. The molecule has 9 heteroatoms. The summed E-state index contributed by atoms with van der Waals surface area (Å²) >= 11 is 0. The number of anilines is 1. The molecule has 0 radical (unpaired) electrons. The third-order valence-electron chi connectivity index (χ3n) is 2.68. The Morgan fingerprint density at radius 3 is 1.65 bits per heavy atom. The second-order valence-corrected chi connectivity index (χ2v) is 7.43. The molecular weight excluding hydrogens is 358 g/mol. The Hall–Kier alpha value is -2.32. The smallest absolute Gasteiger partial charge is 0.424 e. The summed E-state index contributed by atoms with van der Waals surface area (Å²) < 4.78 is 63.3. The number of alkyl halides is 3. The Bertz CT molecular complexity index is 659. The van der Waals surface area contributed by atoms with Crippen LogP contribution < -0.4 is 4.90 Å². The molecule has 0 atom stereocenters. The molecule has 0 unspecified atom stereocenters. The summed E-state index contributed by atoms with van der Waals surface area (Å²) in [7, 11) is 0. The van der Waals surface area contributed by atoms with E-state index < -0.39 is 46.6 Å². The standard InChI is InChI=1S/C17H21F4NO4/c1-15(2,3)25-13(23)22(14(24)26-16(4,5)6)11-9-7-8-10(12(11)18)17(19,20)21/h7-9H,1-6H3. The van der Waals surface area contributed by atoms with Gasteiger partial charge in [0.25, 0.3) is 0 Å². The van der Waals surface area contributed by atoms with Crippen molar-refractivity contribution >= 4 is 17.9 Å². The van der Waals surface area contributed by atoms with Crippen LogP contribution in [0.3, 0.4) is 0 Å². The lowest BCUT2D eigenvalue weighted by molar-refractivity contribution is -0.139. The zero-order valence-corrected chi connectivity index (χ0v) is 15.3. The van der Waals surface area contributed by atoms with Gasteiger partial charge in [0, 0.05) is 0 Å². The fourth-order valence-electron chi connectivity index (χ4n) is 1.80. The number of imide groups is 1. The van der Waals surface area contributed by atoms with Crippen LogP contribution in [0.1, 0.15) is 47.1 Å². The molecule has 0 aliphatic heterocycles. The average molecular weight is 379 g/mol. The van der Waals surface area contributed by atoms with Gasteiger partial charge in [0.15, 0.2) is 5.82 Å². The number of ether oxygens (including phenoxy) is 2. The Kier molecular flexibility index (Phi) is 5.95. The van der Waals surface area contributed by atoms with E-state index in [-0.39, 0.29) is 4.90 Å². The van der Waals surface area contributed by atoms with Gasteiger partial charge >= 0.3 is 18.4 Å². The van der Waals surface area contributed by atoms with Crippen LogP contribution in [0.25, 0.3) is 0 Å². The van der Waals surface area contributed by atoms with E-state index in [4.69, 9.17) is 9.47 Å². The summed E-state index contributed by atoms with van der Waals surface area (Å²) in [6.07, 6.45) is -7.72. The van der Waals surface area contributed by atoms with Crippen LogP contribution in [0.15, 0.2) is 18.2 Å². The van der Waals surface area contributed by atoms with Crippen LogP contribution in [-0.2, 0) is 15.7 Å². The van der Waals surface area contributed by atoms with Gasteiger partial charge in [0.05, 0.1) is 11.3 Å². The zero-order chi connectivity index (χ0) is 20.5. The van der Waals surface area contributed by atoms with Crippen LogP contribution in [0, 0.1) is 5.82 Å². The number of benzene rings is 1. The van der Waals surface area contributed by atoms with Crippen molar-refractivity contribution in [3.63, 3.8) is 0 Å². The molecule has 1 aromatic carbocycles. The number of carbonyl (C=O) groups excluding carboxylic acids is 2. The van der Waals surface area contributed by atoms with Gasteiger partial charge in [0.1, 0.15) is 11.2 Å². The predicted molar refractivity (Wildman–Crippen MR) is 86.3 cm³/mol. The van der Waals surface area contributed by atoms with Crippen molar-refractivity contribution < 1.29 is 36.6 Å². The lowest BCUT2D eigenvalue weighted by Crippen LogP contribution is -2.44. The second kappa shape index (κ2) is 7.13. The number of carbonyl (C=O) groups is 2. The van der Waals surface area contributed by atoms with Crippen molar-refractivity contribution in [1.29, 1.82) is 0 Å². The van der Waals surface area contributed by atoms with E-state index in [1.807, 2.05) is 0 Å². The van der Waals surface area contributed by atoms with E-state index >= 15 is 0 Å². The highest BCUT2D eigenvalue weighted by atomic mass is 19.4. The topological polar surface area (TPSA) is 55.8 Å². The maximum Gasteiger partial charge on any atom is 0.424 e. The minimum Gasteiger partial charge on any atom is -0.443 e. The number of halogens is 4. The number of hydrogen-bond acceptors (Lipinski definition) is 4. The quantitative estimate of drug-likeness (QED) is 0.603. The third-order valence-corrected chi connectivity index (χ3v) is 2.68. The van der Waals surface area contributed by atoms with Crippen molar-refractivity contribution in [2.45, 2.75) is 58.9 Å². The second-order valence-electron chi connectivity index (χ2n) is 7.43. The summed E-state index contributed by atoms with van der Waals surface area (Å²) in [5.74, 6) is -1.78. The molecule has 0 saturated heterocycles. The molecule has 1 rings (SSSR count). The van der Waals surface area contributed by atoms with E-state index in [1.54, 1.807) is 0 Å². The van der Waals surface area contributed by atoms with Crippen molar-refractivity contribution in [3.8, 4) is 0 Å². The third kappa shape index (κ3) is 5.89. The Morgan fingerprint density at radius 2 is 1.31 bits per heavy atom. The molecule has 1 aromatic rings. The maximum atomic E-state index is 14.4. The highest BCUT2D eigenvalue weighted by Gasteiger charge is 2.39. The molecule has 0 saturated carbocycles. The summed E-state index contributed by atoms with van der Waals surface area (Å²) in [5.41, 5.74) is -4.68. The first-order valence-corrected chi connectivity index (χ1v) is 7.65. The number of nitrogens with zero attached hydrogens (tertiary/aromatic N) is 1. The Labute approximate surface area is 148 Å². The average Bonchev–Trinajstić information content (AvgIpc) is 2.35. The SMILES string of the molecule is CC(C)(C)OC(=O)N(C(=O)OC(C)(C)C)c1cccc(C(F)(F)F)c1F. The normalized spacial score (nSPS) is 12.5. The number of rotatable bonds is 1. The lowest BCUT2D eigenvalue weighted by atomic mass is 10.1. The summed E-state index contributed by atoms with van der Waals surface area (Å²) in [4.78, 5) is 24.8. The van der Waals surface area contributed by atoms with Gasteiger partial charge in [0.2, 0.25) is 0 Å². The molecule has 0 aromatic heterocycles. The van der Waals surface area contributed by atoms with Crippen LogP contribution in [0.2, 0.25) is 0 Å². The van der Waals surface area contributed by atoms with Gasteiger partial charge in [-0.05, 0) is 53.7 Å². The predicted octanol–water partition coefficient (Wildman–Crippen LogP) is 5.52. The van der Waals surface area contributed by atoms with E-state index in [1.165, 1.54) is 41.5 Å². The van der Waals surface area contributed by atoms with Crippen LogP contribution in [0.5, 0.6) is 0 Å². The molecule has 0 aliphatic rings. The van der Waals surface area contributed by atoms with Gasteiger partial charge in [-0.3, -0.25) is 0 Å². The van der Waals surface area contributed by atoms with E-state index in [2.05, 4.69) is 0 Å². The maximum absolute atomic E-state index is 14.4. The minimum atomic E-state index is -5.01. The van der Waals surface area contributed by atoms with Crippen molar-refractivity contribution in [2.75, 3.05) is 4.90 Å². The molecule has 0 spiro atoms. The van der Waals surface area contributed by atoms with E-state index in [9.17, 15) is 27.2 Å². The highest BCUT2D eigenvalue weighted by molar-refractivity contribution is 6.09. The van der Waals surface area contributed by atoms with Crippen LogP contribution >= 0.6 is 0 Å². The first-order valence-electron chi connectivity index (χ1n) is 7.65. The molecule has 2 amide bonds. The van der Waals surface area contributed by atoms with Gasteiger partial charge < -0.3 is 9.47 Å². The first kappa shape index (κ1) is 21.7. The molecule has 0 fully saturated rings. The highest BCUT2D eigenvalue weighted by Crippen LogP contribution is 2.36. The fourth-order valence-corrected chi connectivity index (χ4v) is 1.80. The Morgan fingerprint density at radius 1 is 0.885 bits per heavy atom. The van der Waals surface area contributed by atoms with Crippen molar-refractivity contribution in [1.82, 2.24) is 0 Å².